The Bertz CT molecular complexity index is 401. The summed E-state index contributed by atoms with van der Waals surface area (Å²) in [4.78, 5) is 12.0. The molecule has 0 radical (unpaired) electrons. The van der Waals surface area contributed by atoms with E-state index in [0.717, 1.165) is 17.7 Å². The third kappa shape index (κ3) is 5.77. The maximum Gasteiger partial charge on any atom is 0.261 e. The lowest BCUT2D eigenvalue weighted by Gasteiger charge is -2.18. The van der Waals surface area contributed by atoms with Gasteiger partial charge in [0.25, 0.3) is 5.91 Å². The molecule has 1 amide bonds. The largest absolute Gasteiger partial charge is 0.481 e. The highest BCUT2D eigenvalue weighted by Crippen LogP contribution is 2.15. The zero-order valence-electron chi connectivity index (χ0n) is 12.4. The van der Waals surface area contributed by atoms with Gasteiger partial charge in [-0.2, -0.15) is 0 Å². The highest BCUT2D eigenvalue weighted by Gasteiger charge is 2.17. The molecule has 0 aliphatic heterocycles. The fourth-order valence-electron chi connectivity index (χ4n) is 1.77. The van der Waals surface area contributed by atoms with Crippen LogP contribution in [0.1, 0.15) is 39.2 Å². The first kappa shape index (κ1) is 15.5. The Balaban J connectivity index is 2.50. The molecular weight excluding hydrogens is 238 g/mol. The Morgan fingerprint density at radius 1 is 1.37 bits per heavy atom. The van der Waals surface area contributed by atoms with Crippen molar-refractivity contribution in [2.75, 3.05) is 6.54 Å². The molecule has 0 saturated carbocycles. The number of hydrogen-bond acceptors (Lipinski definition) is 2. The van der Waals surface area contributed by atoms with Crippen LogP contribution in [0, 0.1) is 12.8 Å². The molecule has 19 heavy (non-hydrogen) atoms. The minimum atomic E-state index is -0.408. The van der Waals surface area contributed by atoms with Crippen LogP contribution in [0.15, 0.2) is 24.3 Å². The normalized spacial score (nSPS) is 12.3. The van der Waals surface area contributed by atoms with E-state index < -0.39 is 6.10 Å². The first-order valence-corrected chi connectivity index (χ1v) is 7.04. The standard InChI is InChI=1S/C16H25NO2/c1-5-15(16(18)17-10-9-12(2)3)19-14-8-6-7-13(4)11-14/h6-8,11-12,15H,5,9-10H2,1-4H3,(H,17,18). The predicted molar refractivity (Wildman–Crippen MR) is 78.4 cm³/mol. The first-order chi connectivity index (χ1) is 9.02. The highest BCUT2D eigenvalue weighted by molar-refractivity contribution is 5.81. The topological polar surface area (TPSA) is 38.3 Å². The molecule has 1 N–H and O–H groups in total. The number of carbonyl (C=O) groups excluding carboxylic acids is 1. The van der Waals surface area contributed by atoms with Crippen molar-refractivity contribution in [3.8, 4) is 5.75 Å². The number of nitrogens with one attached hydrogen (secondary N) is 1. The molecule has 1 unspecified atom stereocenters. The number of benzene rings is 1. The van der Waals surface area contributed by atoms with Crippen molar-refractivity contribution in [2.24, 2.45) is 5.92 Å². The van der Waals surface area contributed by atoms with Gasteiger partial charge in [-0.1, -0.05) is 32.9 Å². The molecule has 0 aromatic heterocycles. The average Bonchev–Trinajstić information content (AvgIpc) is 2.35. The minimum Gasteiger partial charge on any atom is -0.481 e. The van der Waals surface area contributed by atoms with Gasteiger partial charge in [-0.25, -0.2) is 0 Å². The van der Waals surface area contributed by atoms with Gasteiger partial charge in [0.05, 0.1) is 0 Å². The lowest BCUT2D eigenvalue weighted by molar-refractivity contribution is -0.128. The number of ether oxygens (including phenoxy) is 1. The number of amides is 1. The SMILES string of the molecule is CCC(Oc1cccc(C)c1)C(=O)NCCC(C)C. The Morgan fingerprint density at radius 3 is 2.68 bits per heavy atom. The molecule has 1 aromatic rings. The summed E-state index contributed by atoms with van der Waals surface area (Å²) in [5, 5.41) is 2.94. The molecule has 0 heterocycles. The number of rotatable bonds is 7. The minimum absolute atomic E-state index is 0.0235. The van der Waals surface area contributed by atoms with Crippen LogP contribution >= 0.6 is 0 Å². The lowest BCUT2D eigenvalue weighted by Crippen LogP contribution is -2.38. The summed E-state index contributed by atoms with van der Waals surface area (Å²) in [5.41, 5.74) is 1.13. The smallest absolute Gasteiger partial charge is 0.261 e. The second-order valence-electron chi connectivity index (χ2n) is 5.30. The van der Waals surface area contributed by atoms with Crippen molar-refractivity contribution in [1.29, 1.82) is 0 Å². The summed E-state index contributed by atoms with van der Waals surface area (Å²) in [7, 11) is 0. The molecule has 0 aliphatic rings. The van der Waals surface area contributed by atoms with Gasteiger partial charge in [0, 0.05) is 6.54 Å². The maximum absolute atomic E-state index is 12.0. The van der Waals surface area contributed by atoms with Gasteiger partial charge < -0.3 is 10.1 Å². The molecule has 0 saturated heterocycles. The summed E-state index contributed by atoms with van der Waals surface area (Å²) in [6.07, 6.45) is 1.25. The van der Waals surface area contributed by atoms with E-state index in [2.05, 4.69) is 19.2 Å². The van der Waals surface area contributed by atoms with E-state index in [9.17, 15) is 4.79 Å². The molecule has 0 spiro atoms. The number of hydrogen-bond donors (Lipinski definition) is 1. The van der Waals surface area contributed by atoms with Crippen molar-refractivity contribution in [2.45, 2.75) is 46.6 Å². The van der Waals surface area contributed by atoms with Crippen molar-refractivity contribution in [1.82, 2.24) is 5.32 Å². The zero-order valence-corrected chi connectivity index (χ0v) is 12.4. The fourth-order valence-corrected chi connectivity index (χ4v) is 1.77. The van der Waals surface area contributed by atoms with Crippen LogP contribution in [0.25, 0.3) is 0 Å². The van der Waals surface area contributed by atoms with Crippen LogP contribution in [-0.2, 0) is 4.79 Å². The summed E-state index contributed by atoms with van der Waals surface area (Å²) >= 11 is 0. The molecule has 0 aliphatic carbocycles. The molecule has 3 nitrogen and oxygen atoms in total. The Labute approximate surface area is 116 Å². The summed E-state index contributed by atoms with van der Waals surface area (Å²) in [5.74, 6) is 1.33. The summed E-state index contributed by atoms with van der Waals surface area (Å²) in [6.45, 7) is 8.97. The predicted octanol–water partition coefficient (Wildman–Crippen LogP) is 3.31. The van der Waals surface area contributed by atoms with Gasteiger partial charge in [0.2, 0.25) is 0 Å². The third-order valence-corrected chi connectivity index (χ3v) is 2.95. The van der Waals surface area contributed by atoms with Crippen LogP contribution < -0.4 is 10.1 Å². The van der Waals surface area contributed by atoms with Crippen LogP contribution in [0.5, 0.6) is 5.75 Å². The maximum atomic E-state index is 12.0. The molecule has 106 valence electrons. The van der Waals surface area contributed by atoms with Gasteiger partial charge in [0.1, 0.15) is 5.75 Å². The quantitative estimate of drug-likeness (QED) is 0.819. The van der Waals surface area contributed by atoms with Crippen LogP contribution in [0.3, 0.4) is 0 Å². The molecule has 1 aromatic carbocycles. The first-order valence-electron chi connectivity index (χ1n) is 7.04. The van der Waals surface area contributed by atoms with E-state index in [0.29, 0.717) is 18.9 Å². The van der Waals surface area contributed by atoms with Gasteiger partial charge in [-0.15, -0.1) is 0 Å². The second-order valence-corrected chi connectivity index (χ2v) is 5.30. The van der Waals surface area contributed by atoms with Gasteiger partial charge in [-0.3, -0.25) is 4.79 Å². The van der Waals surface area contributed by atoms with Crippen molar-refractivity contribution in [3.05, 3.63) is 29.8 Å². The third-order valence-electron chi connectivity index (χ3n) is 2.95. The molecule has 0 bridgehead atoms. The van der Waals surface area contributed by atoms with Crippen molar-refractivity contribution in [3.63, 3.8) is 0 Å². The number of carbonyl (C=O) groups is 1. The second kappa shape index (κ2) is 7.82. The highest BCUT2D eigenvalue weighted by atomic mass is 16.5. The van der Waals surface area contributed by atoms with E-state index in [1.807, 2.05) is 38.1 Å². The van der Waals surface area contributed by atoms with Crippen molar-refractivity contribution < 1.29 is 9.53 Å². The molecule has 3 heteroatoms. The van der Waals surface area contributed by atoms with Gasteiger partial charge in [-0.05, 0) is 43.4 Å². The van der Waals surface area contributed by atoms with Gasteiger partial charge in [0.15, 0.2) is 6.10 Å². The van der Waals surface area contributed by atoms with E-state index in [1.54, 1.807) is 0 Å². The van der Waals surface area contributed by atoms with E-state index in [1.165, 1.54) is 0 Å². The van der Waals surface area contributed by atoms with Crippen LogP contribution in [-0.4, -0.2) is 18.6 Å². The van der Waals surface area contributed by atoms with Gasteiger partial charge >= 0.3 is 0 Å². The Hall–Kier alpha value is -1.51. The number of aryl methyl sites for hydroxylation is 1. The van der Waals surface area contributed by atoms with Crippen LogP contribution in [0.4, 0.5) is 0 Å². The fraction of sp³-hybridized carbons (Fsp3) is 0.562. The Morgan fingerprint density at radius 2 is 2.11 bits per heavy atom. The Kier molecular flexibility index (Phi) is 6.40. The molecule has 1 rings (SSSR count). The van der Waals surface area contributed by atoms with Crippen LogP contribution in [0.2, 0.25) is 0 Å². The lowest BCUT2D eigenvalue weighted by atomic mass is 10.1. The van der Waals surface area contributed by atoms with Crippen molar-refractivity contribution >= 4 is 5.91 Å². The van der Waals surface area contributed by atoms with E-state index in [-0.39, 0.29) is 5.91 Å². The molecular formula is C16H25NO2. The zero-order chi connectivity index (χ0) is 14.3. The summed E-state index contributed by atoms with van der Waals surface area (Å²) < 4.78 is 5.75. The monoisotopic (exact) mass is 263 g/mol. The van der Waals surface area contributed by atoms with E-state index >= 15 is 0 Å². The van der Waals surface area contributed by atoms with E-state index in [4.69, 9.17) is 4.74 Å². The summed E-state index contributed by atoms with van der Waals surface area (Å²) in [6, 6.07) is 7.78. The average molecular weight is 263 g/mol. The molecule has 1 atom stereocenters. The molecule has 0 fully saturated rings.